The molecule has 2 heterocycles. The number of rotatable bonds is 5. The van der Waals surface area contributed by atoms with Crippen LogP contribution in [0.5, 0.6) is 0 Å². The molecule has 0 fully saturated rings. The minimum Gasteiger partial charge on any atom is -0.390 e. The summed E-state index contributed by atoms with van der Waals surface area (Å²) >= 11 is 0. The van der Waals surface area contributed by atoms with Crippen molar-refractivity contribution < 1.29 is 5.11 Å². The van der Waals surface area contributed by atoms with Crippen molar-refractivity contribution in [3.05, 3.63) is 36.7 Å². The summed E-state index contributed by atoms with van der Waals surface area (Å²) in [6, 6.07) is 1.91. The summed E-state index contributed by atoms with van der Waals surface area (Å²) < 4.78 is 3.86. The number of aliphatic hydroxyl groups is 1. The van der Waals surface area contributed by atoms with Gasteiger partial charge in [0, 0.05) is 25.5 Å². The Morgan fingerprint density at radius 1 is 1.33 bits per heavy atom. The average molecular weight is 206 g/mol. The van der Waals surface area contributed by atoms with E-state index in [1.807, 2.05) is 21.5 Å². The molecule has 2 aromatic heterocycles. The van der Waals surface area contributed by atoms with Crippen molar-refractivity contribution in [1.82, 2.24) is 19.3 Å². The highest BCUT2D eigenvalue weighted by Crippen LogP contribution is 2.01. The van der Waals surface area contributed by atoms with Crippen LogP contribution in [0.25, 0.3) is 0 Å². The van der Waals surface area contributed by atoms with E-state index >= 15 is 0 Å². The first-order valence-electron chi connectivity index (χ1n) is 4.97. The number of aryl methyl sites for hydroxylation is 2. The van der Waals surface area contributed by atoms with Crippen molar-refractivity contribution >= 4 is 0 Å². The number of nitrogens with zero attached hydrogens (tertiary/aromatic N) is 4. The van der Waals surface area contributed by atoms with Crippen LogP contribution < -0.4 is 0 Å². The highest BCUT2D eigenvalue weighted by Gasteiger charge is 1.99. The lowest BCUT2D eigenvalue weighted by Crippen LogP contribution is -2.06. The minimum absolute atomic E-state index is 0.0434. The van der Waals surface area contributed by atoms with E-state index in [-0.39, 0.29) is 6.61 Å². The molecule has 0 radical (unpaired) electrons. The average Bonchev–Trinajstić information content (AvgIpc) is 2.88. The highest BCUT2D eigenvalue weighted by atomic mass is 16.3. The second-order valence-corrected chi connectivity index (χ2v) is 3.36. The number of hydrogen-bond acceptors (Lipinski definition) is 3. The maximum Gasteiger partial charge on any atom is 0.0948 e. The molecular weight excluding hydrogens is 192 g/mol. The number of imidazole rings is 1. The Hall–Kier alpha value is -1.62. The van der Waals surface area contributed by atoms with Gasteiger partial charge in [0.1, 0.15) is 0 Å². The molecule has 80 valence electrons. The van der Waals surface area contributed by atoms with Gasteiger partial charge < -0.3 is 9.67 Å². The molecule has 2 rings (SSSR count). The number of aromatic nitrogens is 4. The van der Waals surface area contributed by atoms with Gasteiger partial charge in [0.25, 0.3) is 0 Å². The van der Waals surface area contributed by atoms with Crippen molar-refractivity contribution in [2.24, 2.45) is 0 Å². The molecule has 0 aliphatic heterocycles. The van der Waals surface area contributed by atoms with Crippen molar-refractivity contribution in [1.29, 1.82) is 0 Å². The van der Waals surface area contributed by atoms with E-state index in [0.717, 1.165) is 25.2 Å². The first-order chi connectivity index (χ1) is 7.40. The van der Waals surface area contributed by atoms with E-state index in [1.54, 1.807) is 18.7 Å². The molecule has 0 unspecified atom stereocenters. The molecule has 2 aromatic rings. The van der Waals surface area contributed by atoms with E-state index in [9.17, 15) is 0 Å². The molecule has 0 saturated carbocycles. The fourth-order valence-corrected chi connectivity index (χ4v) is 1.52. The normalized spacial score (nSPS) is 10.7. The van der Waals surface area contributed by atoms with Crippen LogP contribution in [-0.4, -0.2) is 24.4 Å². The lowest BCUT2D eigenvalue weighted by molar-refractivity contribution is 0.269. The Labute approximate surface area is 88.0 Å². The zero-order valence-corrected chi connectivity index (χ0v) is 8.45. The van der Waals surface area contributed by atoms with Crippen LogP contribution in [0.1, 0.15) is 12.1 Å². The Morgan fingerprint density at radius 3 is 3.00 bits per heavy atom. The molecule has 0 spiro atoms. The van der Waals surface area contributed by atoms with Crippen LogP contribution in [0.3, 0.4) is 0 Å². The van der Waals surface area contributed by atoms with E-state index < -0.39 is 0 Å². The molecule has 0 aliphatic rings. The largest absolute Gasteiger partial charge is 0.390 e. The van der Waals surface area contributed by atoms with Crippen molar-refractivity contribution in [2.45, 2.75) is 26.1 Å². The smallest absolute Gasteiger partial charge is 0.0948 e. The van der Waals surface area contributed by atoms with E-state index in [4.69, 9.17) is 5.11 Å². The third kappa shape index (κ3) is 2.44. The van der Waals surface area contributed by atoms with Crippen molar-refractivity contribution in [3.8, 4) is 0 Å². The molecule has 0 amide bonds. The third-order valence-corrected chi connectivity index (χ3v) is 2.31. The molecule has 15 heavy (non-hydrogen) atoms. The van der Waals surface area contributed by atoms with E-state index in [1.165, 1.54) is 0 Å². The maximum atomic E-state index is 9.01. The summed E-state index contributed by atoms with van der Waals surface area (Å²) in [5.41, 5.74) is 0.857. The second-order valence-electron chi connectivity index (χ2n) is 3.36. The molecule has 5 heteroatoms. The van der Waals surface area contributed by atoms with Gasteiger partial charge in [0.05, 0.1) is 24.8 Å². The van der Waals surface area contributed by atoms with Crippen LogP contribution >= 0.6 is 0 Å². The Morgan fingerprint density at radius 2 is 2.27 bits per heavy atom. The van der Waals surface area contributed by atoms with Crippen LogP contribution in [0.15, 0.2) is 31.0 Å². The Bertz CT molecular complexity index is 393. The minimum atomic E-state index is 0.0434. The first-order valence-corrected chi connectivity index (χ1v) is 4.97. The topological polar surface area (TPSA) is 55.9 Å². The van der Waals surface area contributed by atoms with Crippen LogP contribution in [0.2, 0.25) is 0 Å². The van der Waals surface area contributed by atoms with Crippen LogP contribution in [0, 0.1) is 0 Å². The van der Waals surface area contributed by atoms with Crippen LogP contribution in [0.4, 0.5) is 0 Å². The van der Waals surface area contributed by atoms with Gasteiger partial charge in [0.2, 0.25) is 0 Å². The quantitative estimate of drug-likeness (QED) is 0.782. The molecule has 0 bridgehead atoms. The SMILES string of the molecule is OCc1cncn1CCCn1cccn1. The zero-order chi connectivity index (χ0) is 10.5. The van der Waals surface area contributed by atoms with Gasteiger partial charge in [-0.2, -0.15) is 5.10 Å². The van der Waals surface area contributed by atoms with Crippen molar-refractivity contribution in [2.75, 3.05) is 0 Å². The summed E-state index contributed by atoms with van der Waals surface area (Å²) in [7, 11) is 0. The third-order valence-electron chi connectivity index (χ3n) is 2.31. The molecule has 5 nitrogen and oxygen atoms in total. The highest BCUT2D eigenvalue weighted by molar-refractivity contribution is 4.95. The van der Waals surface area contributed by atoms with Gasteiger partial charge in [-0.25, -0.2) is 4.98 Å². The molecule has 1 N–H and O–H groups in total. The molecule has 0 aromatic carbocycles. The molecule has 0 aliphatic carbocycles. The lowest BCUT2D eigenvalue weighted by Gasteiger charge is -2.05. The number of aliphatic hydroxyl groups excluding tert-OH is 1. The summed E-state index contributed by atoms with van der Waals surface area (Å²) in [6.07, 6.45) is 8.13. The van der Waals surface area contributed by atoms with Gasteiger partial charge >= 0.3 is 0 Å². The standard InChI is InChI=1S/C10H14N4O/c15-8-10-7-11-9-13(10)4-2-6-14-5-1-3-12-14/h1,3,5,7,9,15H,2,4,6,8H2. The molecular formula is C10H14N4O. The summed E-state index contributed by atoms with van der Waals surface area (Å²) in [5, 5.41) is 13.1. The predicted molar refractivity (Wildman–Crippen MR) is 55.0 cm³/mol. The summed E-state index contributed by atoms with van der Waals surface area (Å²) in [5.74, 6) is 0. The number of hydrogen-bond donors (Lipinski definition) is 1. The van der Waals surface area contributed by atoms with Gasteiger partial charge in [-0.1, -0.05) is 0 Å². The first kappa shape index (κ1) is 9.92. The summed E-state index contributed by atoms with van der Waals surface area (Å²) in [6.45, 7) is 1.79. The summed E-state index contributed by atoms with van der Waals surface area (Å²) in [4.78, 5) is 3.99. The molecule has 0 atom stereocenters. The van der Waals surface area contributed by atoms with Crippen LogP contribution in [-0.2, 0) is 19.7 Å². The lowest BCUT2D eigenvalue weighted by atomic mass is 10.4. The monoisotopic (exact) mass is 206 g/mol. The Balaban J connectivity index is 1.83. The molecule has 0 saturated heterocycles. The fraction of sp³-hybridized carbons (Fsp3) is 0.400. The van der Waals surface area contributed by atoms with Crippen molar-refractivity contribution in [3.63, 3.8) is 0 Å². The Kier molecular flexibility index (Phi) is 3.14. The zero-order valence-electron chi connectivity index (χ0n) is 8.45. The van der Waals surface area contributed by atoms with Gasteiger partial charge in [-0.3, -0.25) is 4.68 Å². The van der Waals surface area contributed by atoms with Gasteiger partial charge in [-0.15, -0.1) is 0 Å². The predicted octanol–water partition coefficient (Wildman–Crippen LogP) is 0.662. The van der Waals surface area contributed by atoms with Gasteiger partial charge in [0.15, 0.2) is 0 Å². The van der Waals surface area contributed by atoms with E-state index in [2.05, 4.69) is 10.1 Å². The second kappa shape index (κ2) is 4.75. The fourth-order valence-electron chi connectivity index (χ4n) is 1.52. The van der Waals surface area contributed by atoms with Gasteiger partial charge in [-0.05, 0) is 12.5 Å². The van der Waals surface area contributed by atoms with E-state index in [0.29, 0.717) is 0 Å². The maximum absolute atomic E-state index is 9.01.